The number of nitrogens with zero attached hydrogens (tertiary/aromatic N) is 1. The number of halogens is 2. The van der Waals surface area contributed by atoms with Crippen LogP contribution in [-0.4, -0.2) is 43.1 Å². The summed E-state index contributed by atoms with van der Waals surface area (Å²) in [4.78, 5) is 15.2. The maximum absolute atomic E-state index is 15.8. The van der Waals surface area contributed by atoms with E-state index in [1.807, 2.05) is 13.0 Å². The van der Waals surface area contributed by atoms with Crippen LogP contribution in [0.3, 0.4) is 0 Å². The van der Waals surface area contributed by atoms with Gasteiger partial charge in [-0.1, -0.05) is 45.1 Å². The van der Waals surface area contributed by atoms with Crippen LogP contribution in [0.5, 0.6) is 0 Å². The molecule has 32 heavy (non-hydrogen) atoms. The first kappa shape index (κ1) is 25.1. The number of likely N-dealkylation sites (tertiary alicyclic amines) is 1. The molecule has 0 amide bonds. The number of hydrogen-bond acceptors (Lipinski definition) is 3. The third-order valence-electron chi connectivity index (χ3n) is 7.62. The summed E-state index contributed by atoms with van der Waals surface area (Å²) >= 11 is 0. The van der Waals surface area contributed by atoms with Gasteiger partial charge in [-0.15, -0.1) is 0 Å². The number of Topliss-reactive ketones (excluding diaryl/α,β-unsaturated/α-hetero) is 1. The van der Waals surface area contributed by atoms with E-state index in [1.165, 1.54) is 51.0 Å². The Hall–Kier alpha value is -1.49. The number of piperidine rings is 1. The Balaban J connectivity index is 1.58. The summed E-state index contributed by atoms with van der Waals surface area (Å²) in [5.41, 5.74) is -0.752. The molecule has 1 heterocycles. The van der Waals surface area contributed by atoms with Crippen LogP contribution in [0.1, 0.15) is 84.0 Å². The molecular weight excluding hydrogens is 408 g/mol. The molecule has 0 aromatic rings. The number of alkyl halides is 1. The van der Waals surface area contributed by atoms with Crippen molar-refractivity contribution in [2.24, 2.45) is 11.8 Å². The topological polar surface area (TPSA) is 29.5 Å². The fourth-order valence-corrected chi connectivity index (χ4v) is 5.57. The summed E-state index contributed by atoms with van der Waals surface area (Å²) in [6.07, 6.45) is 16.0. The Morgan fingerprint density at radius 3 is 2.41 bits per heavy atom. The molecule has 0 aromatic heterocycles. The molecular formula is C27H41F2NO2. The van der Waals surface area contributed by atoms with Crippen LogP contribution in [0, 0.1) is 11.8 Å². The Morgan fingerprint density at radius 2 is 1.78 bits per heavy atom. The van der Waals surface area contributed by atoms with Crippen LogP contribution in [0.25, 0.3) is 0 Å². The van der Waals surface area contributed by atoms with E-state index in [0.29, 0.717) is 37.0 Å². The molecule has 0 aromatic carbocycles. The zero-order valence-corrected chi connectivity index (χ0v) is 20.0. The fourth-order valence-electron chi connectivity index (χ4n) is 5.57. The lowest BCUT2D eigenvalue weighted by Crippen LogP contribution is -2.45. The van der Waals surface area contributed by atoms with Gasteiger partial charge in [0.2, 0.25) is 0 Å². The van der Waals surface area contributed by atoms with Crippen LogP contribution >= 0.6 is 0 Å². The SMILES string of the molecule is CCC1=C(OC)/C=C/CC(CC2(F)CCN(CC3CCCCCCC3)CC2)C(=O)\C(F)=C\1. The van der Waals surface area contributed by atoms with Crippen molar-refractivity contribution < 1.29 is 18.3 Å². The molecule has 1 atom stereocenters. The molecule has 3 nitrogen and oxygen atoms in total. The average molecular weight is 450 g/mol. The standard InChI is InChI=1S/C27H41F2NO2/c1-3-22-18-24(28)26(31)23(12-9-13-25(22)32-2)19-27(29)14-16-30(17-15-27)20-21-10-7-5-4-6-8-11-21/h9,13,18,21,23H,3-8,10-12,14-17,19-20H2,1-2H3/b13-9+,24-18-,25-22+. The summed E-state index contributed by atoms with van der Waals surface area (Å²) in [5, 5.41) is 0. The van der Waals surface area contributed by atoms with Gasteiger partial charge in [-0.3, -0.25) is 4.79 Å². The second-order valence-electron chi connectivity index (χ2n) is 10.0. The first-order chi connectivity index (χ1) is 15.4. The maximum Gasteiger partial charge on any atom is 0.194 e. The van der Waals surface area contributed by atoms with E-state index in [2.05, 4.69) is 4.90 Å². The van der Waals surface area contributed by atoms with E-state index in [0.717, 1.165) is 25.6 Å². The Kier molecular flexibility index (Phi) is 9.51. The lowest BCUT2D eigenvalue weighted by Gasteiger charge is -2.39. The largest absolute Gasteiger partial charge is 0.496 e. The number of carbonyl (C=O) groups is 1. The van der Waals surface area contributed by atoms with E-state index in [-0.39, 0.29) is 6.42 Å². The molecule has 1 aliphatic heterocycles. The maximum atomic E-state index is 15.8. The van der Waals surface area contributed by atoms with Gasteiger partial charge in [-0.25, -0.2) is 8.78 Å². The molecule has 0 N–H and O–H groups in total. The highest BCUT2D eigenvalue weighted by atomic mass is 19.1. The van der Waals surface area contributed by atoms with E-state index in [4.69, 9.17) is 4.74 Å². The third kappa shape index (κ3) is 7.00. The number of rotatable bonds is 6. The van der Waals surface area contributed by atoms with Crippen molar-refractivity contribution in [3.05, 3.63) is 35.4 Å². The molecule has 5 heteroatoms. The number of ether oxygens (including phenoxy) is 1. The van der Waals surface area contributed by atoms with Gasteiger partial charge in [-0.2, -0.15) is 0 Å². The summed E-state index contributed by atoms with van der Waals surface area (Å²) < 4.78 is 35.8. The van der Waals surface area contributed by atoms with Crippen LogP contribution in [0.15, 0.2) is 35.4 Å². The van der Waals surface area contributed by atoms with E-state index >= 15 is 4.39 Å². The van der Waals surface area contributed by atoms with Crippen LogP contribution in [0.4, 0.5) is 8.78 Å². The van der Waals surface area contributed by atoms with Crippen molar-refractivity contribution in [2.75, 3.05) is 26.7 Å². The number of ketones is 1. The molecule has 180 valence electrons. The Labute approximate surface area is 193 Å². The van der Waals surface area contributed by atoms with Crippen molar-refractivity contribution in [3.63, 3.8) is 0 Å². The van der Waals surface area contributed by atoms with Gasteiger partial charge in [0.1, 0.15) is 11.4 Å². The molecule has 1 unspecified atom stereocenters. The molecule has 2 fully saturated rings. The lowest BCUT2D eigenvalue weighted by molar-refractivity contribution is -0.122. The third-order valence-corrected chi connectivity index (χ3v) is 7.62. The molecule has 3 rings (SSSR count). The molecule has 1 saturated carbocycles. The van der Waals surface area contributed by atoms with Gasteiger partial charge in [0.15, 0.2) is 11.6 Å². The quantitative estimate of drug-likeness (QED) is 0.444. The van der Waals surface area contributed by atoms with Crippen LogP contribution < -0.4 is 0 Å². The van der Waals surface area contributed by atoms with Crippen LogP contribution in [0.2, 0.25) is 0 Å². The van der Waals surface area contributed by atoms with Gasteiger partial charge in [0.25, 0.3) is 0 Å². The molecule has 1 saturated heterocycles. The van der Waals surface area contributed by atoms with Gasteiger partial charge in [0, 0.05) is 25.6 Å². The number of allylic oxidation sites excluding steroid dienone is 5. The summed E-state index contributed by atoms with van der Waals surface area (Å²) in [6.45, 7) is 4.44. The van der Waals surface area contributed by atoms with E-state index in [9.17, 15) is 9.18 Å². The second kappa shape index (κ2) is 12.1. The molecule has 0 spiro atoms. The zero-order valence-electron chi connectivity index (χ0n) is 20.0. The van der Waals surface area contributed by atoms with Crippen LogP contribution in [-0.2, 0) is 9.53 Å². The Morgan fingerprint density at radius 1 is 1.12 bits per heavy atom. The molecule has 2 aliphatic carbocycles. The number of methoxy groups -OCH3 is 1. The number of carbonyl (C=O) groups excluding carboxylic acids is 1. The predicted octanol–water partition coefficient (Wildman–Crippen LogP) is 6.85. The Bertz CT molecular complexity index is 711. The zero-order chi connectivity index (χ0) is 23.0. The highest BCUT2D eigenvalue weighted by Crippen LogP contribution is 2.37. The van der Waals surface area contributed by atoms with E-state index < -0.39 is 23.2 Å². The van der Waals surface area contributed by atoms with Crippen molar-refractivity contribution in [2.45, 2.75) is 89.6 Å². The molecule has 0 radical (unpaired) electrons. The van der Waals surface area contributed by atoms with E-state index in [1.54, 1.807) is 13.2 Å². The molecule has 3 aliphatic rings. The monoisotopic (exact) mass is 449 g/mol. The summed E-state index contributed by atoms with van der Waals surface area (Å²) in [6, 6.07) is 0. The second-order valence-corrected chi connectivity index (χ2v) is 10.0. The molecule has 0 bridgehead atoms. The average Bonchev–Trinajstić information content (AvgIpc) is 2.81. The van der Waals surface area contributed by atoms with Crippen molar-refractivity contribution in [3.8, 4) is 0 Å². The van der Waals surface area contributed by atoms with Crippen molar-refractivity contribution in [1.29, 1.82) is 0 Å². The lowest BCUT2D eigenvalue weighted by atomic mass is 9.80. The minimum atomic E-state index is -1.40. The van der Waals surface area contributed by atoms with Crippen molar-refractivity contribution >= 4 is 5.78 Å². The number of hydrogen-bond donors (Lipinski definition) is 0. The smallest absolute Gasteiger partial charge is 0.194 e. The minimum absolute atomic E-state index is 0.0957. The highest BCUT2D eigenvalue weighted by molar-refractivity contribution is 5.95. The summed E-state index contributed by atoms with van der Waals surface area (Å²) in [5.74, 6) is -0.729. The minimum Gasteiger partial charge on any atom is -0.496 e. The predicted molar refractivity (Wildman–Crippen MR) is 126 cm³/mol. The van der Waals surface area contributed by atoms with Gasteiger partial charge < -0.3 is 9.64 Å². The summed E-state index contributed by atoms with van der Waals surface area (Å²) in [7, 11) is 1.54. The van der Waals surface area contributed by atoms with Gasteiger partial charge in [0.05, 0.1) is 7.11 Å². The first-order valence-electron chi connectivity index (χ1n) is 12.7. The normalized spacial score (nSPS) is 31.4. The van der Waals surface area contributed by atoms with Gasteiger partial charge in [-0.05, 0) is 68.6 Å². The van der Waals surface area contributed by atoms with Crippen molar-refractivity contribution in [1.82, 2.24) is 4.90 Å². The van der Waals surface area contributed by atoms with Gasteiger partial charge >= 0.3 is 0 Å². The first-order valence-corrected chi connectivity index (χ1v) is 12.7. The highest BCUT2D eigenvalue weighted by Gasteiger charge is 2.39. The fraction of sp³-hybridized carbons (Fsp3) is 0.741.